The molecular weight excluding hydrogens is 248 g/mol. The van der Waals surface area contributed by atoms with Crippen LogP contribution in [0.4, 0.5) is 0 Å². The topological polar surface area (TPSA) is 26.3 Å². The first-order chi connectivity index (χ1) is 9.36. The lowest BCUT2D eigenvalue weighted by atomic mass is 9.62. The van der Waals surface area contributed by atoms with Gasteiger partial charge in [-0.3, -0.25) is 4.79 Å². The van der Waals surface area contributed by atoms with Gasteiger partial charge in [-0.25, -0.2) is 0 Å². The monoisotopic (exact) mass is 280 g/mol. The average Bonchev–Trinajstić information content (AvgIpc) is 2.44. The number of carbonyl (C=O) groups excluding carboxylic acids is 1. The Kier molecular flexibility index (Phi) is 4.81. The third kappa shape index (κ3) is 3.56. The van der Waals surface area contributed by atoms with Crippen molar-refractivity contribution in [1.29, 1.82) is 0 Å². The minimum Gasteiger partial charge on any atom is -0.465 e. The maximum atomic E-state index is 12.1. The van der Waals surface area contributed by atoms with Crippen LogP contribution in [0, 0.1) is 22.7 Å². The Morgan fingerprint density at radius 3 is 2.50 bits per heavy atom. The molecule has 0 bridgehead atoms. The molecule has 2 heteroatoms. The van der Waals surface area contributed by atoms with E-state index in [1.165, 1.54) is 44.9 Å². The summed E-state index contributed by atoms with van der Waals surface area (Å²) in [5.74, 6) is 1.83. The fourth-order valence-electron chi connectivity index (χ4n) is 3.91. The number of fused-ring (bicyclic) bond motifs is 1. The molecule has 0 N–H and O–H groups in total. The fourth-order valence-corrected chi connectivity index (χ4v) is 3.91. The van der Waals surface area contributed by atoms with Crippen LogP contribution in [0.1, 0.15) is 79.1 Å². The number of rotatable bonds is 4. The molecule has 0 heterocycles. The average molecular weight is 280 g/mol. The highest BCUT2D eigenvalue weighted by molar-refractivity contribution is 5.75. The first kappa shape index (κ1) is 15.9. The Bertz CT molecular complexity index is 347. The van der Waals surface area contributed by atoms with Crippen LogP contribution < -0.4 is 0 Å². The van der Waals surface area contributed by atoms with Crippen molar-refractivity contribution in [2.75, 3.05) is 6.61 Å². The van der Waals surface area contributed by atoms with Crippen LogP contribution in [0.25, 0.3) is 0 Å². The van der Waals surface area contributed by atoms with Crippen molar-refractivity contribution in [3.05, 3.63) is 0 Å². The zero-order chi connectivity index (χ0) is 14.8. The predicted molar refractivity (Wildman–Crippen MR) is 82.4 cm³/mol. The molecule has 0 aromatic carbocycles. The van der Waals surface area contributed by atoms with Crippen LogP contribution >= 0.6 is 0 Å². The summed E-state index contributed by atoms with van der Waals surface area (Å²) in [6.07, 6.45) is 10.3. The number of esters is 1. The third-order valence-electron chi connectivity index (χ3n) is 5.93. The van der Waals surface area contributed by atoms with Crippen molar-refractivity contribution >= 4 is 5.97 Å². The van der Waals surface area contributed by atoms with Crippen LogP contribution in [0.15, 0.2) is 0 Å². The summed E-state index contributed by atoms with van der Waals surface area (Å²) in [4.78, 5) is 12.1. The second-order valence-corrected chi connectivity index (χ2v) is 8.17. The summed E-state index contributed by atoms with van der Waals surface area (Å²) in [7, 11) is 0. The molecule has 2 fully saturated rings. The smallest absolute Gasteiger partial charge is 0.311 e. The molecule has 2 rings (SSSR count). The summed E-state index contributed by atoms with van der Waals surface area (Å²) in [5, 5.41) is 0. The molecule has 0 aliphatic heterocycles. The van der Waals surface area contributed by atoms with Gasteiger partial charge in [0.25, 0.3) is 0 Å². The molecule has 0 radical (unpaired) electrons. The van der Waals surface area contributed by atoms with Crippen molar-refractivity contribution in [2.45, 2.75) is 79.1 Å². The van der Waals surface area contributed by atoms with Crippen molar-refractivity contribution in [3.63, 3.8) is 0 Å². The predicted octanol–water partition coefficient (Wildman–Crippen LogP) is 4.96. The molecule has 2 aliphatic rings. The quantitative estimate of drug-likeness (QED) is 0.680. The van der Waals surface area contributed by atoms with Gasteiger partial charge in [-0.1, -0.05) is 39.5 Å². The van der Waals surface area contributed by atoms with Crippen molar-refractivity contribution in [1.82, 2.24) is 0 Å². The summed E-state index contributed by atoms with van der Waals surface area (Å²) in [5.41, 5.74) is -0.115. The lowest BCUT2D eigenvalue weighted by Gasteiger charge is -2.44. The number of ether oxygens (including phenoxy) is 1. The maximum absolute atomic E-state index is 12.1. The minimum atomic E-state index is -0.335. The second-order valence-electron chi connectivity index (χ2n) is 8.17. The Labute approximate surface area is 124 Å². The highest BCUT2D eigenvalue weighted by Crippen LogP contribution is 2.48. The van der Waals surface area contributed by atoms with Gasteiger partial charge in [0, 0.05) is 5.41 Å². The lowest BCUT2D eigenvalue weighted by Crippen LogP contribution is -2.38. The lowest BCUT2D eigenvalue weighted by molar-refractivity contribution is -0.159. The molecule has 3 atom stereocenters. The van der Waals surface area contributed by atoms with Crippen molar-refractivity contribution in [3.8, 4) is 0 Å². The van der Waals surface area contributed by atoms with Gasteiger partial charge in [0.2, 0.25) is 0 Å². The normalized spacial score (nSPS) is 34.4. The largest absolute Gasteiger partial charge is 0.465 e. The molecule has 0 aromatic rings. The number of hydrogen-bond acceptors (Lipinski definition) is 2. The summed E-state index contributed by atoms with van der Waals surface area (Å²) in [6.45, 7) is 8.96. The zero-order valence-corrected chi connectivity index (χ0v) is 13.8. The Morgan fingerprint density at radius 2 is 1.85 bits per heavy atom. The molecule has 2 aliphatic carbocycles. The second kappa shape index (κ2) is 6.07. The number of carbonyl (C=O) groups is 1. The molecule has 0 saturated heterocycles. The molecule has 2 saturated carbocycles. The first-order valence-electron chi connectivity index (χ1n) is 8.53. The van der Waals surface area contributed by atoms with Gasteiger partial charge < -0.3 is 4.74 Å². The van der Waals surface area contributed by atoms with E-state index in [2.05, 4.69) is 13.8 Å². The fraction of sp³-hybridized carbons (Fsp3) is 0.944. The Morgan fingerprint density at radius 1 is 1.20 bits per heavy atom. The molecule has 0 spiro atoms. The van der Waals surface area contributed by atoms with Gasteiger partial charge in [-0.2, -0.15) is 0 Å². The standard InChI is InChI=1S/C18H32O2/c1-5-17(2,3)16(19)20-13-18(4)11-10-14-8-6-7-9-15(14)12-18/h14-15H,5-13H2,1-4H3. The van der Waals surface area contributed by atoms with Gasteiger partial charge in [0.1, 0.15) is 0 Å². The van der Waals surface area contributed by atoms with E-state index in [9.17, 15) is 4.79 Å². The highest BCUT2D eigenvalue weighted by Gasteiger charge is 2.40. The van der Waals surface area contributed by atoms with Crippen LogP contribution in [0.5, 0.6) is 0 Å². The van der Waals surface area contributed by atoms with Crippen LogP contribution in [-0.4, -0.2) is 12.6 Å². The first-order valence-corrected chi connectivity index (χ1v) is 8.53. The van der Waals surface area contributed by atoms with Gasteiger partial charge >= 0.3 is 5.97 Å². The van der Waals surface area contributed by atoms with Crippen molar-refractivity contribution in [2.24, 2.45) is 22.7 Å². The maximum Gasteiger partial charge on any atom is 0.311 e. The molecule has 116 valence electrons. The highest BCUT2D eigenvalue weighted by atomic mass is 16.5. The molecule has 20 heavy (non-hydrogen) atoms. The van der Waals surface area contributed by atoms with E-state index in [0.717, 1.165) is 18.3 Å². The number of hydrogen-bond donors (Lipinski definition) is 0. The van der Waals surface area contributed by atoms with Gasteiger partial charge in [-0.15, -0.1) is 0 Å². The van der Waals surface area contributed by atoms with Crippen molar-refractivity contribution < 1.29 is 9.53 Å². The van der Waals surface area contributed by atoms with E-state index in [-0.39, 0.29) is 16.8 Å². The molecule has 2 nitrogen and oxygen atoms in total. The van der Waals surface area contributed by atoms with E-state index in [1.54, 1.807) is 0 Å². The van der Waals surface area contributed by atoms with Gasteiger partial charge in [0.05, 0.1) is 12.0 Å². The zero-order valence-electron chi connectivity index (χ0n) is 13.8. The SMILES string of the molecule is CCC(C)(C)C(=O)OCC1(C)CCC2CCCCC2C1. The molecule has 0 amide bonds. The molecule has 3 unspecified atom stereocenters. The van der Waals surface area contributed by atoms with Crippen LogP contribution in [0.3, 0.4) is 0 Å². The van der Waals surface area contributed by atoms with E-state index >= 15 is 0 Å². The third-order valence-corrected chi connectivity index (χ3v) is 5.93. The van der Waals surface area contributed by atoms with Crippen LogP contribution in [-0.2, 0) is 9.53 Å². The Balaban J connectivity index is 1.87. The van der Waals surface area contributed by atoms with E-state index in [4.69, 9.17) is 4.74 Å². The summed E-state index contributed by atoms with van der Waals surface area (Å²) < 4.78 is 5.68. The summed E-state index contributed by atoms with van der Waals surface area (Å²) in [6, 6.07) is 0. The van der Waals surface area contributed by atoms with E-state index < -0.39 is 0 Å². The van der Waals surface area contributed by atoms with E-state index in [0.29, 0.717) is 6.61 Å². The minimum absolute atomic E-state index is 0.0213. The molecular formula is C18H32O2. The van der Waals surface area contributed by atoms with Crippen LogP contribution in [0.2, 0.25) is 0 Å². The van der Waals surface area contributed by atoms with E-state index in [1.807, 2.05) is 13.8 Å². The van der Waals surface area contributed by atoms with Gasteiger partial charge in [0.15, 0.2) is 0 Å². The molecule has 0 aromatic heterocycles. The van der Waals surface area contributed by atoms with Gasteiger partial charge in [-0.05, 0) is 51.4 Å². The Hall–Kier alpha value is -0.530. The summed E-state index contributed by atoms with van der Waals surface area (Å²) >= 11 is 0.